The molecule has 0 aliphatic rings. The molecule has 236 valence electrons. The Morgan fingerprint density at radius 1 is 0.349 bits per heavy atom. The zero-order valence-corrected chi connectivity index (χ0v) is 29.8. The van der Waals surface area contributed by atoms with Gasteiger partial charge in [0.05, 0.1) is 0 Å². The quantitative estimate of drug-likeness (QED) is 0.107. The molecule has 0 nitrogen and oxygen atoms in total. The summed E-state index contributed by atoms with van der Waals surface area (Å²) >= 11 is 0. The van der Waals surface area contributed by atoms with E-state index in [1.165, 1.54) is 116 Å². The van der Waals surface area contributed by atoms with Gasteiger partial charge in [-0.1, -0.05) is 135 Å². The Labute approximate surface area is 268 Å². The second kappa shape index (κ2) is 20.2. The van der Waals surface area contributed by atoms with Gasteiger partial charge in [0.25, 0.3) is 0 Å². The molecule has 43 heavy (non-hydrogen) atoms. The average Bonchev–Trinajstić information content (AvgIpc) is 3.03. The van der Waals surface area contributed by atoms with Crippen LogP contribution < -0.4 is 15.9 Å². The van der Waals surface area contributed by atoms with Crippen LogP contribution >= 0.6 is 7.92 Å². The number of unbranched alkanes of at least 4 members (excludes halogenated alkanes) is 6. The SMILES string of the molecule is CCCCc1cccc(P(c2cccc(CCCC)c2CCCC)c2cccc(CCCC)c2CCCC)c1CCCC. The summed E-state index contributed by atoms with van der Waals surface area (Å²) in [5.41, 5.74) is 9.92. The zero-order chi connectivity index (χ0) is 30.9. The molecule has 0 bridgehead atoms. The van der Waals surface area contributed by atoms with Crippen molar-refractivity contribution >= 4 is 23.8 Å². The van der Waals surface area contributed by atoms with E-state index in [2.05, 4.69) is 96.1 Å². The minimum absolute atomic E-state index is 0.652. The average molecular weight is 599 g/mol. The first-order valence-corrected chi connectivity index (χ1v) is 19.6. The van der Waals surface area contributed by atoms with E-state index in [0.717, 1.165) is 0 Å². The highest BCUT2D eigenvalue weighted by Gasteiger charge is 2.27. The Balaban J connectivity index is 2.40. The molecule has 3 aromatic rings. The third kappa shape index (κ3) is 10.0. The van der Waals surface area contributed by atoms with Crippen molar-refractivity contribution < 1.29 is 0 Å². The molecule has 0 saturated carbocycles. The van der Waals surface area contributed by atoms with Crippen molar-refractivity contribution in [3.05, 3.63) is 88.0 Å². The molecule has 0 unspecified atom stereocenters. The van der Waals surface area contributed by atoms with Crippen molar-refractivity contribution in [1.82, 2.24) is 0 Å². The Morgan fingerprint density at radius 3 is 0.860 bits per heavy atom. The van der Waals surface area contributed by atoms with Crippen molar-refractivity contribution in [2.45, 2.75) is 157 Å². The number of rotatable bonds is 21. The number of benzene rings is 3. The summed E-state index contributed by atoms with van der Waals surface area (Å²) in [6, 6.07) is 22.3. The van der Waals surface area contributed by atoms with E-state index in [9.17, 15) is 0 Å². The highest BCUT2D eigenvalue weighted by molar-refractivity contribution is 7.80. The van der Waals surface area contributed by atoms with Crippen LogP contribution in [0.15, 0.2) is 54.6 Å². The third-order valence-corrected chi connectivity index (χ3v) is 11.9. The van der Waals surface area contributed by atoms with Crippen LogP contribution in [0.2, 0.25) is 0 Å². The van der Waals surface area contributed by atoms with Gasteiger partial charge in [0.15, 0.2) is 0 Å². The number of hydrogen-bond acceptors (Lipinski definition) is 0. The van der Waals surface area contributed by atoms with E-state index in [4.69, 9.17) is 0 Å². The van der Waals surface area contributed by atoms with Gasteiger partial charge in [-0.25, -0.2) is 0 Å². The fourth-order valence-electron chi connectivity index (χ4n) is 6.61. The second-order valence-electron chi connectivity index (χ2n) is 12.7. The Morgan fingerprint density at radius 2 is 0.605 bits per heavy atom. The van der Waals surface area contributed by atoms with E-state index in [0.29, 0.717) is 0 Å². The van der Waals surface area contributed by atoms with Crippen LogP contribution in [-0.2, 0) is 38.5 Å². The van der Waals surface area contributed by atoms with E-state index < -0.39 is 7.92 Å². The summed E-state index contributed by atoms with van der Waals surface area (Å²) in [7, 11) is -0.652. The van der Waals surface area contributed by atoms with E-state index in [-0.39, 0.29) is 0 Å². The fourth-order valence-corrected chi connectivity index (χ4v) is 9.67. The molecule has 0 atom stereocenters. The summed E-state index contributed by atoms with van der Waals surface area (Å²) in [4.78, 5) is 0. The third-order valence-electron chi connectivity index (χ3n) is 9.21. The first-order chi connectivity index (χ1) is 21.1. The molecule has 3 rings (SSSR count). The maximum absolute atomic E-state index is 2.55. The monoisotopic (exact) mass is 598 g/mol. The molecule has 0 spiro atoms. The standard InChI is InChI=1S/C42H63P/c1-7-13-22-34-25-19-31-40(37(34)28-16-10-4)43(41-32-20-26-35(23-14-8-2)38(41)29-17-11-5)42-33-21-27-36(24-15-9-3)39(42)30-18-12-6/h19-21,25-27,31-33H,7-18,22-24,28-30H2,1-6H3. The van der Waals surface area contributed by atoms with E-state index in [1.807, 2.05) is 0 Å². The molecule has 1 heteroatoms. The molecule has 0 aliphatic heterocycles. The molecule has 0 amide bonds. The lowest BCUT2D eigenvalue weighted by atomic mass is 9.97. The Kier molecular flexibility index (Phi) is 16.7. The summed E-state index contributed by atoms with van der Waals surface area (Å²) in [5.74, 6) is 0. The molecule has 0 fully saturated rings. The predicted molar refractivity (Wildman–Crippen MR) is 197 cm³/mol. The minimum Gasteiger partial charge on any atom is -0.0654 e. The van der Waals surface area contributed by atoms with Crippen molar-refractivity contribution in [2.75, 3.05) is 0 Å². The Hall–Kier alpha value is -1.91. The van der Waals surface area contributed by atoms with Gasteiger partial charge in [0.1, 0.15) is 0 Å². The summed E-state index contributed by atoms with van der Waals surface area (Å²) in [6.45, 7) is 14.1. The highest BCUT2D eigenvalue weighted by atomic mass is 31.1. The van der Waals surface area contributed by atoms with Crippen LogP contribution in [0.25, 0.3) is 0 Å². The normalized spacial score (nSPS) is 11.5. The lowest BCUT2D eigenvalue weighted by molar-refractivity contribution is 0.759. The van der Waals surface area contributed by atoms with Gasteiger partial charge in [-0.05, 0) is 134 Å². The summed E-state index contributed by atoms with van der Waals surface area (Å²) < 4.78 is 0. The van der Waals surface area contributed by atoms with Crippen molar-refractivity contribution in [2.24, 2.45) is 0 Å². The van der Waals surface area contributed by atoms with Gasteiger partial charge in [-0.15, -0.1) is 0 Å². The number of hydrogen-bond donors (Lipinski definition) is 0. The molecular formula is C42H63P. The molecule has 0 saturated heterocycles. The molecule has 0 N–H and O–H groups in total. The largest absolute Gasteiger partial charge is 0.0654 e. The highest BCUT2D eigenvalue weighted by Crippen LogP contribution is 2.40. The van der Waals surface area contributed by atoms with E-state index in [1.54, 1.807) is 49.3 Å². The van der Waals surface area contributed by atoms with Gasteiger partial charge < -0.3 is 0 Å². The molecule has 3 aromatic carbocycles. The lowest BCUT2D eigenvalue weighted by Crippen LogP contribution is -2.30. The molecular weight excluding hydrogens is 535 g/mol. The van der Waals surface area contributed by atoms with Gasteiger partial charge in [0.2, 0.25) is 0 Å². The lowest BCUT2D eigenvalue weighted by Gasteiger charge is -2.30. The van der Waals surface area contributed by atoms with Crippen molar-refractivity contribution in [3.8, 4) is 0 Å². The van der Waals surface area contributed by atoms with Crippen LogP contribution in [0.4, 0.5) is 0 Å². The molecule has 0 aliphatic carbocycles. The maximum atomic E-state index is 2.55. The molecule has 0 heterocycles. The second-order valence-corrected chi connectivity index (χ2v) is 14.8. The first-order valence-electron chi connectivity index (χ1n) is 18.3. The van der Waals surface area contributed by atoms with E-state index >= 15 is 0 Å². The van der Waals surface area contributed by atoms with Crippen molar-refractivity contribution in [3.63, 3.8) is 0 Å². The van der Waals surface area contributed by atoms with Crippen LogP contribution in [0, 0.1) is 0 Å². The zero-order valence-electron chi connectivity index (χ0n) is 28.9. The van der Waals surface area contributed by atoms with Gasteiger partial charge >= 0.3 is 0 Å². The maximum Gasteiger partial charge on any atom is -0.0116 e. The van der Waals surface area contributed by atoms with Gasteiger partial charge in [-0.3, -0.25) is 0 Å². The predicted octanol–water partition coefficient (Wildman–Crippen LogP) is 11.5. The minimum atomic E-state index is -0.652. The van der Waals surface area contributed by atoms with Crippen LogP contribution in [-0.4, -0.2) is 0 Å². The van der Waals surface area contributed by atoms with Crippen LogP contribution in [0.3, 0.4) is 0 Å². The van der Waals surface area contributed by atoms with Gasteiger partial charge in [0, 0.05) is 0 Å². The smallest absolute Gasteiger partial charge is 0.0116 e. The van der Waals surface area contributed by atoms with Crippen LogP contribution in [0.5, 0.6) is 0 Å². The first kappa shape index (κ1) is 35.6. The molecule has 0 radical (unpaired) electrons. The summed E-state index contributed by atoms with van der Waals surface area (Å²) in [5, 5.41) is 4.98. The van der Waals surface area contributed by atoms with Crippen molar-refractivity contribution in [1.29, 1.82) is 0 Å². The fraction of sp³-hybridized carbons (Fsp3) is 0.571. The molecule has 0 aromatic heterocycles. The topological polar surface area (TPSA) is 0 Å². The number of aryl methyl sites for hydroxylation is 3. The summed E-state index contributed by atoms with van der Waals surface area (Å²) in [6.07, 6.45) is 22.5. The van der Waals surface area contributed by atoms with Gasteiger partial charge in [-0.2, -0.15) is 0 Å². The Bertz CT molecular complexity index is 1050. The van der Waals surface area contributed by atoms with Crippen LogP contribution in [0.1, 0.15) is 152 Å².